The fourth-order valence-corrected chi connectivity index (χ4v) is 1.39. The topological polar surface area (TPSA) is 78.9 Å². The molecule has 0 aromatic heterocycles. The number of alkyl halides is 3. The maximum absolute atomic E-state index is 12.8. The number of nitrogens with two attached hydrogens (primary N) is 1. The predicted molar refractivity (Wildman–Crippen MR) is 67.7 cm³/mol. The number of hydrogen-bond acceptors (Lipinski definition) is 3. The van der Waals surface area contributed by atoms with Crippen molar-refractivity contribution >= 4 is 11.6 Å². The summed E-state index contributed by atoms with van der Waals surface area (Å²) in [7, 11) is 0. The second kappa shape index (κ2) is 5.51. The van der Waals surface area contributed by atoms with Crippen molar-refractivity contribution in [1.29, 1.82) is 5.26 Å². The first-order chi connectivity index (χ1) is 9.11. The maximum atomic E-state index is 12.8. The third-order valence-electron chi connectivity index (χ3n) is 2.96. The van der Waals surface area contributed by atoms with Gasteiger partial charge in [0.15, 0.2) is 0 Å². The number of hydrogen-bond donors (Lipinski definition) is 2. The molecule has 0 bridgehead atoms. The summed E-state index contributed by atoms with van der Waals surface area (Å²) in [4.78, 5) is 11.8. The Morgan fingerprint density at radius 1 is 1.45 bits per heavy atom. The molecule has 3 N–H and O–H groups in total. The van der Waals surface area contributed by atoms with Crippen LogP contribution in [0.1, 0.15) is 31.4 Å². The number of nitriles is 1. The number of carbonyl (C=O) groups is 1. The Morgan fingerprint density at radius 2 is 2.05 bits per heavy atom. The molecular weight excluding hydrogens is 271 g/mol. The van der Waals surface area contributed by atoms with E-state index in [0.29, 0.717) is 6.42 Å². The molecule has 0 aliphatic rings. The zero-order valence-electron chi connectivity index (χ0n) is 11.0. The monoisotopic (exact) mass is 285 g/mol. The molecule has 1 rings (SSSR count). The van der Waals surface area contributed by atoms with Crippen molar-refractivity contribution in [3.63, 3.8) is 0 Å². The van der Waals surface area contributed by atoms with Gasteiger partial charge >= 0.3 is 6.18 Å². The van der Waals surface area contributed by atoms with Crippen LogP contribution in [0, 0.1) is 11.3 Å². The summed E-state index contributed by atoms with van der Waals surface area (Å²) >= 11 is 0. The number of rotatable bonds is 3. The van der Waals surface area contributed by atoms with Gasteiger partial charge in [0, 0.05) is 5.69 Å². The minimum atomic E-state index is -4.66. The molecular formula is C13H14F3N3O. The zero-order chi connectivity index (χ0) is 15.6. The van der Waals surface area contributed by atoms with Crippen molar-refractivity contribution in [2.45, 2.75) is 32.0 Å². The molecule has 1 atom stereocenters. The van der Waals surface area contributed by atoms with Gasteiger partial charge in [0.1, 0.15) is 0 Å². The van der Waals surface area contributed by atoms with Gasteiger partial charge in [-0.05, 0) is 31.5 Å². The Balaban J connectivity index is 3.12. The Labute approximate surface area is 114 Å². The van der Waals surface area contributed by atoms with Gasteiger partial charge in [-0.1, -0.05) is 6.92 Å². The standard InChI is InChI=1S/C13H14F3N3O/c1-3-12(2,18)11(20)19-9-5-4-8(7-17)10(6-9)13(14,15)16/h4-6H,3,18H2,1-2H3,(H,19,20). The molecule has 1 aromatic carbocycles. The van der Waals surface area contributed by atoms with E-state index in [1.54, 1.807) is 6.92 Å². The molecule has 7 heteroatoms. The summed E-state index contributed by atoms with van der Waals surface area (Å²) in [6, 6.07) is 4.44. The molecule has 108 valence electrons. The van der Waals surface area contributed by atoms with Gasteiger partial charge in [0.05, 0.1) is 22.7 Å². The third kappa shape index (κ3) is 3.48. The highest BCUT2D eigenvalue weighted by Crippen LogP contribution is 2.33. The van der Waals surface area contributed by atoms with E-state index >= 15 is 0 Å². The molecule has 0 aliphatic carbocycles. The van der Waals surface area contributed by atoms with Crippen LogP contribution in [0.2, 0.25) is 0 Å². The molecule has 0 heterocycles. The number of halogens is 3. The van der Waals surface area contributed by atoms with Gasteiger partial charge in [-0.15, -0.1) is 0 Å². The average Bonchev–Trinajstić information content (AvgIpc) is 2.37. The van der Waals surface area contributed by atoms with E-state index in [0.717, 1.165) is 12.1 Å². The lowest BCUT2D eigenvalue weighted by molar-refractivity contribution is -0.137. The van der Waals surface area contributed by atoms with Crippen LogP contribution in [0.3, 0.4) is 0 Å². The smallest absolute Gasteiger partial charge is 0.324 e. The van der Waals surface area contributed by atoms with Gasteiger partial charge < -0.3 is 11.1 Å². The van der Waals surface area contributed by atoms with E-state index in [9.17, 15) is 18.0 Å². The Morgan fingerprint density at radius 3 is 2.50 bits per heavy atom. The van der Waals surface area contributed by atoms with E-state index < -0.39 is 28.7 Å². The largest absolute Gasteiger partial charge is 0.417 e. The number of carbonyl (C=O) groups excluding carboxylic acids is 1. The van der Waals surface area contributed by atoms with Crippen LogP contribution in [0.25, 0.3) is 0 Å². The van der Waals surface area contributed by atoms with Gasteiger partial charge in [0.2, 0.25) is 5.91 Å². The van der Waals surface area contributed by atoms with Crippen molar-refractivity contribution < 1.29 is 18.0 Å². The minimum Gasteiger partial charge on any atom is -0.324 e. The number of nitrogens with zero attached hydrogens (tertiary/aromatic N) is 1. The van der Waals surface area contributed by atoms with Crippen LogP contribution < -0.4 is 11.1 Å². The van der Waals surface area contributed by atoms with Crippen molar-refractivity contribution in [2.75, 3.05) is 5.32 Å². The Bertz CT molecular complexity index is 559. The molecule has 0 aliphatic heterocycles. The number of anilines is 1. The first-order valence-corrected chi connectivity index (χ1v) is 5.83. The van der Waals surface area contributed by atoms with Crippen LogP contribution >= 0.6 is 0 Å². The van der Waals surface area contributed by atoms with Crippen LogP contribution in [0.15, 0.2) is 18.2 Å². The van der Waals surface area contributed by atoms with E-state index in [1.807, 2.05) is 0 Å². The van der Waals surface area contributed by atoms with E-state index in [-0.39, 0.29) is 5.69 Å². The highest BCUT2D eigenvalue weighted by molar-refractivity contribution is 5.97. The third-order valence-corrected chi connectivity index (χ3v) is 2.96. The highest BCUT2D eigenvalue weighted by atomic mass is 19.4. The molecule has 4 nitrogen and oxygen atoms in total. The summed E-state index contributed by atoms with van der Waals surface area (Å²) < 4.78 is 38.3. The number of benzene rings is 1. The summed E-state index contributed by atoms with van der Waals surface area (Å²) in [5.74, 6) is -0.585. The summed E-state index contributed by atoms with van der Waals surface area (Å²) in [6.45, 7) is 3.18. The predicted octanol–water partition coefficient (Wildman–Crippen LogP) is 2.64. The quantitative estimate of drug-likeness (QED) is 0.896. The minimum absolute atomic E-state index is 0.0496. The highest BCUT2D eigenvalue weighted by Gasteiger charge is 2.34. The molecule has 0 saturated carbocycles. The SMILES string of the molecule is CCC(C)(N)C(=O)Nc1ccc(C#N)c(C(F)(F)F)c1. The molecule has 0 spiro atoms. The summed E-state index contributed by atoms with van der Waals surface area (Å²) in [5, 5.41) is 11.0. The van der Waals surface area contributed by atoms with Gasteiger partial charge in [-0.3, -0.25) is 4.79 Å². The summed E-state index contributed by atoms with van der Waals surface area (Å²) in [6.07, 6.45) is -4.33. The fraction of sp³-hybridized carbons (Fsp3) is 0.385. The van der Waals surface area contributed by atoms with E-state index in [4.69, 9.17) is 11.0 Å². The van der Waals surface area contributed by atoms with E-state index in [2.05, 4.69) is 5.32 Å². The van der Waals surface area contributed by atoms with Gasteiger partial charge in [0.25, 0.3) is 0 Å². The summed E-state index contributed by atoms with van der Waals surface area (Å²) in [5.41, 5.74) is 2.89. The van der Waals surface area contributed by atoms with Crippen LogP contribution in [-0.4, -0.2) is 11.4 Å². The lowest BCUT2D eigenvalue weighted by atomic mass is 9.99. The first-order valence-electron chi connectivity index (χ1n) is 5.83. The number of nitrogens with one attached hydrogen (secondary N) is 1. The normalized spacial score (nSPS) is 14.2. The zero-order valence-corrected chi connectivity index (χ0v) is 11.0. The first kappa shape index (κ1) is 16.0. The second-order valence-electron chi connectivity index (χ2n) is 4.60. The fourth-order valence-electron chi connectivity index (χ4n) is 1.39. The lowest BCUT2D eigenvalue weighted by Crippen LogP contribution is -2.47. The van der Waals surface area contributed by atoms with Crippen LogP contribution in [0.5, 0.6) is 0 Å². The van der Waals surface area contributed by atoms with Gasteiger partial charge in [-0.2, -0.15) is 18.4 Å². The second-order valence-corrected chi connectivity index (χ2v) is 4.60. The van der Waals surface area contributed by atoms with Crippen LogP contribution in [-0.2, 0) is 11.0 Å². The Kier molecular flexibility index (Phi) is 4.40. The molecule has 0 saturated heterocycles. The van der Waals surface area contributed by atoms with Crippen molar-refractivity contribution in [3.05, 3.63) is 29.3 Å². The molecule has 0 fully saturated rings. The number of amides is 1. The average molecular weight is 285 g/mol. The molecule has 20 heavy (non-hydrogen) atoms. The Hall–Kier alpha value is -2.07. The van der Waals surface area contributed by atoms with Crippen LogP contribution in [0.4, 0.5) is 18.9 Å². The van der Waals surface area contributed by atoms with Crippen molar-refractivity contribution in [2.24, 2.45) is 5.73 Å². The van der Waals surface area contributed by atoms with Gasteiger partial charge in [-0.25, -0.2) is 0 Å². The molecule has 1 unspecified atom stereocenters. The van der Waals surface area contributed by atoms with E-state index in [1.165, 1.54) is 19.1 Å². The molecule has 1 aromatic rings. The van der Waals surface area contributed by atoms with Crippen molar-refractivity contribution in [3.8, 4) is 6.07 Å². The molecule has 1 amide bonds. The maximum Gasteiger partial charge on any atom is 0.417 e. The van der Waals surface area contributed by atoms with Crippen molar-refractivity contribution in [1.82, 2.24) is 0 Å². The lowest BCUT2D eigenvalue weighted by Gasteiger charge is -2.22. The molecule has 0 radical (unpaired) electrons.